The molecular weight excluding hydrogens is 324 g/mol. The van der Waals surface area contributed by atoms with Crippen LogP contribution in [0.15, 0.2) is 42.5 Å². The van der Waals surface area contributed by atoms with Crippen LogP contribution in [0.2, 0.25) is 5.02 Å². The second kappa shape index (κ2) is 7.79. The number of carbonyl (C=O) groups excluding carboxylic acids is 1. The molecular formula is C19H21ClN2O2. The minimum atomic E-state index is -0.127. The summed E-state index contributed by atoms with van der Waals surface area (Å²) in [6, 6.07) is 13.2. The topological polar surface area (TPSA) is 41.6 Å². The molecule has 5 heteroatoms. The highest BCUT2D eigenvalue weighted by atomic mass is 35.5. The fourth-order valence-corrected chi connectivity index (χ4v) is 2.89. The maximum Gasteiger partial charge on any atom is 0.255 e. The van der Waals surface area contributed by atoms with Gasteiger partial charge in [-0.2, -0.15) is 0 Å². The molecule has 0 unspecified atom stereocenters. The number of anilines is 1. The summed E-state index contributed by atoms with van der Waals surface area (Å²) in [6.45, 7) is 6.27. The number of benzene rings is 2. The van der Waals surface area contributed by atoms with Crippen molar-refractivity contribution in [2.45, 2.75) is 13.5 Å². The van der Waals surface area contributed by atoms with E-state index in [-0.39, 0.29) is 5.91 Å². The highest BCUT2D eigenvalue weighted by molar-refractivity contribution is 6.31. The van der Waals surface area contributed by atoms with Crippen LogP contribution in [0.1, 0.15) is 21.5 Å². The van der Waals surface area contributed by atoms with E-state index in [0.29, 0.717) is 10.6 Å². The summed E-state index contributed by atoms with van der Waals surface area (Å²) in [4.78, 5) is 14.8. The highest BCUT2D eigenvalue weighted by Crippen LogP contribution is 2.23. The number of amides is 1. The summed E-state index contributed by atoms with van der Waals surface area (Å²) in [5, 5.41) is 3.56. The van der Waals surface area contributed by atoms with Crippen LogP contribution in [0, 0.1) is 6.92 Å². The van der Waals surface area contributed by atoms with Crippen LogP contribution in [-0.2, 0) is 11.3 Å². The monoisotopic (exact) mass is 344 g/mol. The van der Waals surface area contributed by atoms with E-state index in [4.69, 9.17) is 16.3 Å². The first-order valence-corrected chi connectivity index (χ1v) is 8.47. The van der Waals surface area contributed by atoms with Gasteiger partial charge < -0.3 is 10.1 Å². The first-order chi connectivity index (χ1) is 11.6. The number of hydrogen-bond donors (Lipinski definition) is 1. The molecule has 0 radical (unpaired) electrons. The molecule has 1 aliphatic heterocycles. The molecule has 4 nitrogen and oxygen atoms in total. The van der Waals surface area contributed by atoms with Gasteiger partial charge in [0.05, 0.1) is 13.2 Å². The van der Waals surface area contributed by atoms with Gasteiger partial charge in [0.2, 0.25) is 0 Å². The van der Waals surface area contributed by atoms with Crippen molar-refractivity contribution in [2.75, 3.05) is 31.6 Å². The summed E-state index contributed by atoms with van der Waals surface area (Å²) >= 11 is 6.09. The van der Waals surface area contributed by atoms with Gasteiger partial charge in [-0.15, -0.1) is 0 Å². The first kappa shape index (κ1) is 17.0. The molecule has 0 saturated carbocycles. The van der Waals surface area contributed by atoms with E-state index < -0.39 is 0 Å². The molecule has 1 aliphatic rings. The summed E-state index contributed by atoms with van der Waals surface area (Å²) < 4.78 is 5.36. The Bertz CT molecular complexity index is 710. The minimum absolute atomic E-state index is 0.127. The molecule has 0 bridgehead atoms. The lowest BCUT2D eigenvalue weighted by Crippen LogP contribution is -2.35. The fourth-order valence-electron chi connectivity index (χ4n) is 2.72. The predicted molar refractivity (Wildman–Crippen MR) is 96.7 cm³/mol. The number of rotatable bonds is 4. The molecule has 0 aliphatic carbocycles. The van der Waals surface area contributed by atoms with Crippen molar-refractivity contribution in [3.8, 4) is 0 Å². The molecule has 1 N–H and O–H groups in total. The summed E-state index contributed by atoms with van der Waals surface area (Å²) in [7, 11) is 0. The highest BCUT2D eigenvalue weighted by Gasteiger charge is 2.12. The first-order valence-electron chi connectivity index (χ1n) is 8.09. The van der Waals surface area contributed by atoms with Crippen molar-refractivity contribution in [3.63, 3.8) is 0 Å². The molecule has 126 valence electrons. The van der Waals surface area contributed by atoms with E-state index >= 15 is 0 Å². The predicted octanol–water partition coefficient (Wildman–Crippen LogP) is 3.73. The second-order valence-corrected chi connectivity index (χ2v) is 6.36. The van der Waals surface area contributed by atoms with Gasteiger partial charge in [-0.05, 0) is 42.3 Å². The third kappa shape index (κ3) is 4.15. The Hall–Kier alpha value is -1.88. The van der Waals surface area contributed by atoms with Crippen molar-refractivity contribution in [2.24, 2.45) is 0 Å². The van der Waals surface area contributed by atoms with Crippen molar-refractivity contribution in [3.05, 3.63) is 64.2 Å². The lowest BCUT2D eigenvalue weighted by Gasteiger charge is -2.26. The SMILES string of the molecule is Cc1c(Cl)cccc1NC(=O)c1ccc(CN2CCOCC2)cc1. The Labute approximate surface area is 147 Å². The zero-order valence-corrected chi connectivity index (χ0v) is 14.5. The molecule has 3 rings (SSSR count). The number of hydrogen-bond acceptors (Lipinski definition) is 3. The quantitative estimate of drug-likeness (QED) is 0.918. The molecule has 0 atom stereocenters. The maximum atomic E-state index is 12.4. The molecule has 24 heavy (non-hydrogen) atoms. The van der Waals surface area contributed by atoms with Crippen molar-refractivity contribution in [1.29, 1.82) is 0 Å². The number of morpholine rings is 1. The third-order valence-electron chi connectivity index (χ3n) is 4.24. The average Bonchev–Trinajstić information content (AvgIpc) is 2.60. The lowest BCUT2D eigenvalue weighted by molar-refractivity contribution is 0.0342. The fraction of sp³-hybridized carbons (Fsp3) is 0.316. The minimum Gasteiger partial charge on any atom is -0.379 e. The van der Waals surface area contributed by atoms with Gasteiger partial charge >= 0.3 is 0 Å². The second-order valence-electron chi connectivity index (χ2n) is 5.95. The summed E-state index contributed by atoms with van der Waals surface area (Å²) in [5.74, 6) is -0.127. The van der Waals surface area contributed by atoms with Crippen LogP contribution in [-0.4, -0.2) is 37.1 Å². The van der Waals surface area contributed by atoms with Crippen molar-refractivity contribution in [1.82, 2.24) is 4.90 Å². The van der Waals surface area contributed by atoms with E-state index in [9.17, 15) is 4.79 Å². The van der Waals surface area contributed by atoms with Crippen LogP contribution in [0.25, 0.3) is 0 Å². The van der Waals surface area contributed by atoms with Gasteiger partial charge in [0.25, 0.3) is 5.91 Å². The van der Waals surface area contributed by atoms with Crippen molar-refractivity contribution >= 4 is 23.2 Å². The lowest BCUT2D eigenvalue weighted by atomic mass is 10.1. The summed E-state index contributed by atoms with van der Waals surface area (Å²) in [6.07, 6.45) is 0. The molecule has 2 aromatic carbocycles. The van der Waals surface area contributed by atoms with E-state index in [1.165, 1.54) is 5.56 Å². The number of nitrogens with one attached hydrogen (secondary N) is 1. The normalized spacial score (nSPS) is 15.2. The van der Waals surface area contributed by atoms with E-state index in [2.05, 4.69) is 10.2 Å². The molecule has 2 aromatic rings. The van der Waals surface area contributed by atoms with E-state index in [1.807, 2.05) is 49.4 Å². The Morgan fingerprint density at radius 1 is 1.17 bits per heavy atom. The molecule has 1 amide bonds. The number of nitrogens with zero attached hydrogens (tertiary/aromatic N) is 1. The smallest absolute Gasteiger partial charge is 0.255 e. The van der Waals surface area contributed by atoms with Crippen molar-refractivity contribution < 1.29 is 9.53 Å². The standard InChI is InChI=1S/C19H21ClN2O2/c1-14-17(20)3-2-4-18(14)21-19(23)16-7-5-15(6-8-16)13-22-9-11-24-12-10-22/h2-8H,9-13H2,1H3,(H,21,23). The number of ether oxygens (including phenoxy) is 1. The number of carbonyl (C=O) groups is 1. The van der Waals surface area contributed by atoms with E-state index in [1.54, 1.807) is 0 Å². The largest absolute Gasteiger partial charge is 0.379 e. The van der Waals surface area contributed by atoms with Gasteiger partial charge in [-0.3, -0.25) is 9.69 Å². The Kier molecular flexibility index (Phi) is 5.51. The van der Waals surface area contributed by atoms with Gasteiger partial charge in [0.1, 0.15) is 0 Å². The van der Waals surface area contributed by atoms with E-state index in [0.717, 1.165) is 44.1 Å². The maximum absolute atomic E-state index is 12.4. The number of halogens is 1. The van der Waals surface area contributed by atoms with Gasteiger partial charge in [-0.25, -0.2) is 0 Å². The average molecular weight is 345 g/mol. The Morgan fingerprint density at radius 3 is 2.58 bits per heavy atom. The van der Waals surface area contributed by atoms with Crippen LogP contribution >= 0.6 is 11.6 Å². The van der Waals surface area contributed by atoms with Gasteiger partial charge in [0.15, 0.2) is 0 Å². The zero-order valence-electron chi connectivity index (χ0n) is 13.7. The molecule has 0 spiro atoms. The Morgan fingerprint density at radius 2 is 1.88 bits per heavy atom. The van der Waals surface area contributed by atoms with Crippen LogP contribution in [0.5, 0.6) is 0 Å². The Balaban J connectivity index is 1.64. The third-order valence-corrected chi connectivity index (χ3v) is 4.65. The van der Waals surface area contributed by atoms with Crippen LogP contribution < -0.4 is 5.32 Å². The molecule has 1 fully saturated rings. The molecule has 1 saturated heterocycles. The van der Waals surface area contributed by atoms with Crippen LogP contribution in [0.4, 0.5) is 5.69 Å². The summed E-state index contributed by atoms with van der Waals surface area (Å²) in [5.41, 5.74) is 3.45. The van der Waals surface area contributed by atoms with Gasteiger partial charge in [0, 0.05) is 35.9 Å². The molecule has 1 heterocycles. The van der Waals surface area contributed by atoms with Gasteiger partial charge in [-0.1, -0.05) is 29.8 Å². The zero-order chi connectivity index (χ0) is 16.9. The molecule has 0 aromatic heterocycles. The van der Waals surface area contributed by atoms with Crippen LogP contribution in [0.3, 0.4) is 0 Å².